The van der Waals surface area contributed by atoms with E-state index in [0.29, 0.717) is 36.7 Å². The molecule has 7 aliphatic rings. The average Bonchev–Trinajstić information content (AvgIpc) is 4.29. The van der Waals surface area contributed by atoms with Crippen LogP contribution in [0.5, 0.6) is 0 Å². The van der Waals surface area contributed by atoms with Crippen molar-refractivity contribution in [3.8, 4) is 16.1 Å². The number of fused-ring (bicyclic) bond motifs is 7. The van der Waals surface area contributed by atoms with E-state index in [1.807, 2.05) is 35.7 Å². The smallest absolute Gasteiger partial charge is 0.281 e. The summed E-state index contributed by atoms with van der Waals surface area (Å²) < 4.78 is 8.25. The highest BCUT2D eigenvalue weighted by Gasteiger charge is 2.47. The number of benzene rings is 3. The molecule has 2 aromatic heterocycles. The number of carbonyl (C=O) groups is 2. The zero-order chi connectivity index (χ0) is 56.2. The van der Waals surface area contributed by atoms with Crippen molar-refractivity contribution in [2.45, 2.75) is 159 Å². The number of thiazole rings is 1. The summed E-state index contributed by atoms with van der Waals surface area (Å²) in [6.45, 7) is 9.44. The molecule has 12 rings (SSSR count). The van der Waals surface area contributed by atoms with E-state index in [1.54, 1.807) is 11.3 Å². The van der Waals surface area contributed by atoms with E-state index in [2.05, 4.69) is 114 Å². The fourth-order valence-electron chi connectivity index (χ4n) is 13.7. The van der Waals surface area contributed by atoms with Crippen LogP contribution in [0.4, 0.5) is 0 Å². The number of rotatable bonds is 10. The van der Waals surface area contributed by atoms with Crippen molar-refractivity contribution in [3.05, 3.63) is 121 Å². The largest absolute Gasteiger partial charge is 0.401 e. The summed E-state index contributed by atoms with van der Waals surface area (Å²) >= 11 is 5.25. The number of piperidine rings is 1. The lowest BCUT2D eigenvalue weighted by Crippen LogP contribution is -2.54. The summed E-state index contributed by atoms with van der Waals surface area (Å²) in [5.74, 6) is 2.27. The number of morpholine rings is 1. The second-order valence-corrected chi connectivity index (χ2v) is 25.2. The zero-order valence-electron chi connectivity index (χ0n) is 48.2. The molecule has 2 unspecified atom stereocenters. The van der Waals surface area contributed by atoms with Gasteiger partial charge in [0.15, 0.2) is 0 Å². The molecule has 5 aromatic rings. The summed E-state index contributed by atoms with van der Waals surface area (Å²) in [6.07, 6.45) is 23.4. The molecule has 2 atom stereocenters. The normalized spacial score (nSPS) is 21.2. The van der Waals surface area contributed by atoms with Crippen LogP contribution in [-0.4, -0.2) is 120 Å². The number of likely N-dealkylation sites (tertiary alicyclic amines) is 2. The van der Waals surface area contributed by atoms with E-state index in [0.717, 1.165) is 136 Å². The van der Waals surface area contributed by atoms with Gasteiger partial charge < -0.3 is 41.5 Å². The van der Waals surface area contributed by atoms with Crippen LogP contribution in [0.2, 0.25) is 0 Å². The summed E-state index contributed by atoms with van der Waals surface area (Å²) in [6, 6.07) is 20.8. The van der Waals surface area contributed by atoms with Gasteiger partial charge in [0.05, 0.1) is 51.3 Å². The fourth-order valence-corrected chi connectivity index (χ4v) is 15.0. The van der Waals surface area contributed by atoms with E-state index >= 15 is 0 Å². The predicted octanol–water partition coefficient (Wildman–Crippen LogP) is 10.7. The topological polar surface area (TPSA) is 177 Å². The molecule has 3 aliphatic carbocycles. The third kappa shape index (κ3) is 13.7. The number of aromatic nitrogens is 3. The quantitative estimate of drug-likeness (QED) is 0.105. The number of carbonyl (C=O) groups excluding carboxylic acids is 2. The van der Waals surface area contributed by atoms with Gasteiger partial charge in [0, 0.05) is 42.5 Å². The highest BCUT2D eigenvalue weighted by molar-refractivity contribution is 9.10. The molecule has 0 radical (unpaired) electrons. The van der Waals surface area contributed by atoms with Crippen molar-refractivity contribution in [2.24, 2.45) is 23.3 Å². The Bertz CT molecular complexity index is 2930. The maximum absolute atomic E-state index is 14.0. The molecule has 1 spiro atoms. The Kier molecular flexibility index (Phi) is 21.1. The lowest BCUT2D eigenvalue weighted by molar-refractivity contribution is -0.141. The van der Waals surface area contributed by atoms with Crippen LogP contribution in [0.3, 0.4) is 0 Å². The van der Waals surface area contributed by atoms with Crippen LogP contribution >= 0.6 is 27.3 Å². The van der Waals surface area contributed by atoms with Gasteiger partial charge in [-0.3, -0.25) is 19.0 Å². The third-order valence-electron chi connectivity index (χ3n) is 18.4. The standard InChI is InChI=1S/C32H45N5O2S.C26H28BrN3O.C5H11NO.CH5N/c1-22-30(40-21-36-22)26-16-14-23(15-17-26)19-35-31(38)28-13-8-18-37(28)32(39)29(25-11-6-3-7-12-25)34-20-27(33)24-9-4-2-5-10-24;1-29-14-10-17(11-15-29)18-8-9-19-22(16-18)30-21-7-5-6-20(27)23(21)24(31)28-25(30)26(19)12-3-2-4-13-26;1-6-2-4-7-5-3-6;1-2/h14-17,20-21,24-25,28-29,34H,2-13,18-19,33H2,1H3,(H,35,38);5-9,16-17H,2-4,10-15H2,1H3;2-5H2,1H3;2H2,1H3/b27-20-;;;. The number of amides is 2. The van der Waals surface area contributed by atoms with Gasteiger partial charge in [0.25, 0.3) is 5.56 Å². The monoisotopic (exact) mass is 1170 g/mol. The van der Waals surface area contributed by atoms with Crippen LogP contribution in [0.15, 0.2) is 87.3 Å². The molecule has 14 nitrogen and oxygen atoms in total. The number of likely N-dealkylation sites (N-methyl/N-ethyl adjacent to an activating group) is 1. The third-order valence-corrected chi connectivity index (χ3v) is 20.0. The highest BCUT2D eigenvalue weighted by atomic mass is 79.9. The minimum Gasteiger partial charge on any atom is -0.401 e. The van der Waals surface area contributed by atoms with Crippen molar-refractivity contribution in [1.82, 2.24) is 39.9 Å². The molecule has 0 bridgehead atoms. The lowest BCUT2D eigenvalue weighted by atomic mass is 9.69. The number of nitrogens with two attached hydrogens (primary N) is 2. The minimum absolute atomic E-state index is 0.0570. The fraction of sp³-hybridized carbons (Fsp3) is 0.578. The van der Waals surface area contributed by atoms with Gasteiger partial charge in [0.2, 0.25) is 11.8 Å². The number of allylic oxidation sites excluding steroid dienone is 1. The van der Waals surface area contributed by atoms with Crippen LogP contribution in [0.1, 0.15) is 156 Å². The summed E-state index contributed by atoms with van der Waals surface area (Å²) in [5, 5.41) is 7.29. The minimum atomic E-state index is -0.417. The van der Waals surface area contributed by atoms with Crippen LogP contribution in [0.25, 0.3) is 27.0 Å². The Morgan fingerprint density at radius 3 is 2.16 bits per heavy atom. The van der Waals surface area contributed by atoms with Gasteiger partial charge >= 0.3 is 0 Å². The molecule has 6 N–H and O–H groups in total. The zero-order valence-corrected chi connectivity index (χ0v) is 50.6. The van der Waals surface area contributed by atoms with Crippen LogP contribution < -0.4 is 27.7 Å². The van der Waals surface area contributed by atoms with E-state index in [9.17, 15) is 14.4 Å². The summed E-state index contributed by atoms with van der Waals surface area (Å²) in [4.78, 5) is 57.3. The van der Waals surface area contributed by atoms with E-state index in [1.165, 1.54) is 86.5 Å². The molecule has 6 heterocycles. The summed E-state index contributed by atoms with van der Waals surface area (Å²) in [5.41, 5.74) is 21.8. The van der Waals surface area contributed by atoms with Gasteiger partial charge in [-0.1, -0.05) is 100 Å². The van der Waals surface area contributed by atoms with Crippen molar-refractivity contribution in [3.63, 3.8) is 0 Å². The number of nitrogens with one attached hydrogen (secondary N) is 2. The second kappa shape index (κ2) is 28.3. The first-order chi connectivity index (χ1) is 39.0. The molecular weight excluding hydrogens is 1080 g/mol. The van der Waals surface area contributed by atoms with Gasteiger partial charge in [-0.05, 0) is 180 Å². The number of aryl methyl sites for hydroxylation is 1. The van der Waals surface area contributed by atoms with Crippen molar-refractivity contribution >= 4 is 50.0 Å². The molecule has 2 amide bonds. The number of hydrogen-bond acceptors (Lipinski definition) is 12. The number of nitrogens with zero attached hydrogens (tertiary/aromatic N) is 6. The van der Waals surface area contributed by atoms with Crippen molar-refractivity contribution in [1.29, 1.82) is 0 Å². The molecule has 3 aromatic carbocycles. The Balaban J connectivity index is 0.000000171. The first kappa shape index (κ1) is 59.6. The Morgan fingerprint density at radius 2 is 1.50 bits per heavy atom. The number of hydrogen-bond donors (Lipinski definition) is 4. The van der Waals surface area contributed by atoms with Crippen molar-refractivity contribution < 1.29 is 14.3 Å². The molecule has 4 aliphatic heterocycles. The average molecular weight is 1170 g/mol. The molecular formula is C64H89BrN10O4S. The van der Waals surface area contributed by atoms with Crippen LogP contribution in [0, 0.1) is 18.8 Å². The maximum atomic E-state index is 14.0. The first-order valence-electron chi connectivity index (χ1n) is 30.2. The van der Waals surface area contributed by atoms with E-state index < -0.39 is 6.04 Å². The van der Waals surface area contributed by atoms with Crippen molar-refractivity contribution in [2.75, 3.05) is 67.1 Å². The second-order valence-electron chi connectivity index (χ2n) is 23.5. The molecule has 3 saturated carbocycles. The van der Waals surface area contributed by atoms with Gasteiger partial charge in [0.1, 0.15) is 17.9 Å². The van der Waals surface area contributed by atoms with Gasteiger partial charge in [-0.15, -0.1) is 11.3 Å². The maximum Gasteiger partial charge on any atom is 0.281 e. The predicted molar refractivity (Wildman–Crippen MR) is 328 cm³/mol. The Labute approximate surface area is 488 Å². The SMILES string of the molecule is CN.CN1CCC(c2ccc3c(c2)-n2c(nc(=O)c4c(Br)cccc42)C32CCCCC2)CC1.CN1CCOCC1.Cc1ncsc1-c1ccc(CNC(=O)C2CCCN2C(=O)C(N/C=C(\N)C2CCCCC2)C2CCCCC2)cc1. The van der Waals surface area contributed by atoms with E-state index in [-0.39, 0.29) is 34.7 Å². The molecule has 16 heteroatoms. The first-order valence-corrected chi connectivity index (χ1v) is 31.8. The molecule has 6 fully saturated rings. The van der Waals surface area contributed by atoms with E-state index in [4.69, 9.17) is 15.5 Å². The molecule has 3 saturated heterocycles. The number of ether oxygens (including phenoxy) is 1. The van der Waals surface area contributed by atoms with Gasteiger partial charge in [-0.2, -0.15) is 4.98 Å². The summed E-state index contributed by atoms with van der Waals surface area (Å²) in [7, 11) is 5.83. The molecule has 432 valence electrons. The van der Waals surface area contributed by atoms with Gasteiger partial charge in [-0.25, -0.2) is 4.98 Å². The molecule has 80 heavy (non-hydrogen) atoms. The van der Waals surface area contributed by atoms with Crippen LogP contribution in [-0.2, 0) is 26.3 Å². The Hall–Kier alpha value is -4.97. The lowest BCUT2D eigenvalue weighted by Gasteiger charge is -2.34. The highest BCUT2D eigenvalue weighted by Crippen LogP contribution is 2.52. The number of halogens is 1. The Morgan fingerprint density at radius 1 is 0.825 bits per heavy atom.